The third-order valence-electron chi connectivity index (χ3n) is 3.54. The Morgan fingerprint density at radius 1 is 1.25 bits per heavy atom. The number of hydrogen-bond acceptors (Lipinski definition) is 3. The molecule has 0 saturated heterocycles. The largest absolute Gasteiger partial charge is 0.496 e. The van der Waals surface area contributed by atoms with Gasteiger partial charge in [-0.15, -0.1) is 0 Å². The van der Waals surface area contributed by atoms with Crippen LogP contribution in [0.2, 0.25) is 0 Å². The van der Waals surface area contributed by atoms with Crippen molar-refractivity contribution in [3.63, 3.8) is 0 Å². The molecule has 0 aliphatic heterocycles. The first kappa shape index (κ1) is 16.5. The lowest BCUT2D eigenvalue weighted by Gasteiger charge is -2.16. The van der Waals surface area contributed by atoms with E-state index in [-0.39, 0.29) is 5.91 Å². The highest BCUT2D eigenvalue weighted by molar-refractivity contribution is 5.96. The van der Waals surface area contributed by atoms with Gasteiger partial charge in [-0.1, -0.05) is 0 Å². The number of nitrogens with one attached hydrogen (secondary N) is 1. The van der Waals surface area contributed by atoms with Gasteiger partial charge in [0.1, 0.15) is 5.75 Å². The molecule has 4 heteroatoms. The molecule has 0 radical (unpaired) electrons. The first-order valence-corrected chi connectivity index (χ1v) is 6.96. The van der Waals surface area contributed by atoms with Gasteiger partial charge in [0, 0.05) is 12.1 Å². The summed E-state index contributed by atoms with van der Waals surface area (Å²) >= 11 is 0. The zero-order valence-corrected chi connectivity index (χ0v) is 13.5. The number of hydrogen-bond donors (Lipinski definition) is 1. The summed E-state index contributed by atoms with van der Waals surface area (Å²) in [6.07, 6.45) is 0.950. The second kappa shape index (κ2) is 7.29. The topological polar surface area (TPSA) is 41.6 Å². The summed E-state index contributed by atoms with van der Waals surface area (Å²) in [6.45, 7) is 7.59. The van der Waals surface area contributed by atoms with Crippen LogP contribution in [0.4, 0.5) is 0 Å². The number of amides is 1. The molecule has 0 bridgehead atoms. The molecule has 0 aliphatic carbocycles. The molecule has 0 aromatic heterocycles. The zero-order chi connectivity index (χ0) is 15.3. The van der Waals surface area contributed by atoms with E-state index in [4.69, 9.17) is 4.74 Å². The predicted molar refractivity (Wildman–Crippen MR) is 82.7 cm³/mol. The quantitative estimate of drug-likeness (QED) is 0.812. The molecule has 0 spiro atoms. The predicted octanol–water partition coefficient (Wildman–Crippen LogP) is 2.30. The standard InChI is InChI=1S/C16H26N2O2/c1-11-10-14(12(2)13(3)15(11)20-6)16(19)17-8-7-9-18(4)5/h10H,7-9H2,1-6H3,(H,17,19). The Morgan fingerprint density at radius 3 is 2.45 bits per heavy atom. The number of aryl methyl sites for hydroxylation is 1. The maximum absolute atomic E-state index is 12.2. The monoisotopic (exact) mass is 278 g/mol. The van der Waals surface area contributed by atoms with Gasteiger partial charge >= 0.3 is 0 Å². The second-order valence-electron chi connectivity index (χ2n) is 5.44. The Labute approximate surface area is 122 Å². The number of carbonyl (C=O) groups excluding carboxylic acids is 1. The highest BCUT2D eigenvalue weighted by atomic mass is 16.5. The van der Waals surface area contributed by atoms with E-state index in [1.54, 1.807) is 7.11 Å². The van der Waals surface area contributed by atoms with Gasteiger partial charge < -0.3 is 15.0 Å². The Bertz CT molecular complexity index is 482. The molecule has 1 rings (SSSR count). The van der Waals surface area contributed by atoms with Crippen LogP contribution in [0.25, 0.3) is 0 Å². The maximum Gasteiger partial charge on any atom is 0.251 e. The normalized spacial score (nSPS) is 10.8. The zero-order valence-electron chi connectivity index (χ0n) is 13.5. The molecular formula is C16H26N2O2. The number of carbonyl (C=O) groups is 1. The number of methoxy groups -OCH3 is 1. The van der Waals surface area contributed by atoms with Gasteiger partial charge in [-0.3, -0.25) is 4.79 Å². The number of rotatable bonds is 6. The molecule has 1 aromatic rings. The van der Waals surface area contributed by atoms with Crippen LogP contribution < -0.4 is 10.1 Å². The molecule has 0 aliphatic rings. The fourth-order valence-electron chi connectivity index (χ4n) is 2.30. The molecule has 112 valence electrons. The highest BCUT2D eigenvalue weighted by Gasteiger charge is 2.15. The van der Waals surface area contributed by atoms with Crippen LogP contribution >= 0.6 is 0 Å². The first-order chi connectivity index (χ1) is 9.38. The lowest BCUT2D eigenvalue weighted by Crippen LogP contribution is -2.28. The van der Waals surface area contributed by atoms with E-state index in [1.165, 1.54) is 0 Å². The highest BCUT2D eigenvalue weighted by Crippen LogP contribution is 2.28. The lowest BCUT2D eigenvalue weighted by molar-refractivity contribution is 0.0951. The van der Waals surface area contributed by atoms with Crippen molar-refractivity contribution in [2.24, 2.45) is 0 Å². The van der Waals surface area contributed by atoms with Crippen LogP contribution in [-0.4, -0.2) is 45.1 Å². The van der Waals surface area contributed by atoms with Crippen molar-refractivity contribution in [2.75, 3.05) is 34.3 Å². The smallest absolute Gasteiger partial charge is 0.251 e. The molecule has 1 aromatic carbocycles. The summed E-state index contributed by atoms with van der Waals surface area (Å²) in [5, 5.41) is 2.98. The Balaban J connectivity index is 2.79. The van der Waals surface area contributed by atoms with E-state index in [9.17, 15) is 4.79 Å². The first-order valence-electron chi connectivity index (χ1n) is 6.96. The SMILES string of the molecule is COc1c(C)cc(C(=O)NCCCN(C)C)c(C)c1C. The van der Waals surface area contributed by atoms with Crippen molar-refractivity contribution in [3.05, 3.63) is 28.3 Å². The van der Waals surface area contributed by atoms with Crippen molar-refractivity contribution in [2.45, 2.75) is 27.2 Å². The van der Waals surface area contributed by atoms with Crippen molar-refractivity contribution in [1.82, 2.24) is 10.2 Å². The summed E-state index contributed by atoms with van der Waals surface area (Å²) in [6, 6.07) is 1.91. The van der Waals surface area contributed by atoms with Crippen LogP contribution in [0.3, 0.4) is 0 Å². The van der Waals surface area contributed by atoms with E-state index in [0.29, 0.717) is 6.54 Å². The fourth-order valence-corrected chi connectivity index (χ4v) is 2.30. The molecule has 1 amide bonds. The third-order valence-corrected chi connectivity index (χ3v) is 3.54. The van der Waals surface area contributed by atoms with E-state index in [2.05, 4.69) is 10.2 Å². The van der Waals surface area contributed by atoms with E-state index in [1.807, 2.05) is 40.9 Å². The third kappa shape index (κ3) is 3.97. The molecule has 0 saturated carbocycles. The van der Waals surface area contributed by atoms with Crippen LogP contribution in [-0.2, 0) is 0 Å². The summed E-state index contributed by atoms with van der Waals surface area (Å²) in [5.41, 5.74) is 3.75. The second-order valence-corrected chi connectivity index (χ2v) is 5.44. The summed E-state index contributed by atoms with van der Waals surface area (Å²) in [4.78, 5) is 14.4. The van der Waals surface area contributed by atoms with Crippen molar-refractivity contribution >= 4 is 5.91 Å². The average molecular weight is 278 g/mol. The summed E-state index contributed by atoms with van der Waals surface area (Å²) in [7, 11) is 5.72. The van der Waals surface area contributed by atoms with Gasteiger partial charge in [-0.25, -0.2) is 0 Å². The van der Waals surface area contributed by atoms with Crippen molar-refractivity contribution in [3.8, 4) is 5.75 Å². The molecule has 0 unspecified atom stereocenters. The van der Waals surface area contributed by atoms with Crippen LogP contribution in [0.1, 0.15) is 33.5 Å². The van der Waals surface area contributed by atoms with Gasteiger partial charge in [0.15, 0.2) is 0 Å². The van der Waals surface area contributed by atoms with Gasteiger partial charge in [-0.2, -0.15) is 0 Å². The molecule has 0 fully saturated rings. The minimum absolute atomic E-state index is 0.00453. The summed E-state index contributed by atoms with van der Waals surface area (Å²) in [5.74, 6) is 0.863. The Morgan fingerprint density at radius 2 is 1.90 bits per heavy atom. The molecule has 20 heavy (non-hydrogen) atoms. The van der Waals surface area contributed by atoms with E-state index in [0.717, 1.165) is 41.0 Å². The van der Waals surface area contributed by atoms with E-state index < -0.39 is 0 Å². The Kier molecular flexibility index (Phi) is 6.02. The average Bonchev–Trinajstić information content (AvgIpc) is 2.39. The molecular weight excluding hydrogens is 252 g/mol. The lowest BCUT2D eigenvalue weighted by atomic mass is 9.98. The molecule has 4 nitrogen and oxygen atoms in total. The van der Waals surface area contributed by atoms with Crippen LogP contribution in [0.5, 0.6) is 5.75 Å². The van der Waals surface area contributed by atoms with Crippen molar-refractivity contribution < 1.29 is 9.53 Å². The van der Waals surface area contributed by atoms with Crippen molar-refractivity contribution in [1.29, 1.82) is 0 Å². The molecule has 0 heterocycles. The van der Waals surface area contributed by atoms with Gasteiger partial charge in [0.25, 0.3) is 5.91 Å². The van der Waals surface area contributed by atoms with E-state index >= 15 is 0 Å². The fraction of sp³-hybridized carbons (Fsp3) is 0.562. The minimum Gasteiger partial charge on any atom is -0.496 e. The minimum atomic E-state index is -0.00453. The van der Waals surface area contributed by atoms with Gasteiger partial charge in [-0.05, 0) is 70.6 Å². The summed E-state index contributed by atoms with van der Waals surface area (Å²) < 4.78 is 5.38. The number of ether oxygens (including phenoxy) is 1. The number of benzene rings is 1. The van der Waals surface area contributed by atoms with Crippen LogP contribution in [0.15, 0.2) is 6.07 Å². The maximum atomic E-state index is 12.2. The molecule has 1 N–H and O–H groups in total. The van der Waals surface area contributed by atoms with Crippen LogP contribution in [0, 0.1) is 20.8 Å². The van der Waals surface area contributed by atoms with Gasteiger partial charge in [0.2, 0.25) is 0 Å². The van der Waals surface area contributed by atoms with Gasteiger partial charge in [0.05, 0.1) is 7.11 Å². The Hall–Kier alpha value is -1.55. The number of nitrogens with zero attached hydrogens (tertiary/aromatic N) is 1. The molecule has 0 atom stereocenters.